The van der Waals surface area contributed by atoms with Crippen molar-refractivity contribution in [1.29, 1.82) is 0 Å². The molecule has 0 aromatic heterocycles. The van der Waals surface area contributed by atoms with E-state index < -0.39 is 15.8 Å². The van der Waals surface area contributed by atoms with Gasteiger partial charge in [0.2, 0.25) is 15.9 Å². The molecule has 2 aromatic rings. The first-order chi connectivity index (χ1) is 14.9. The van der Waals surface area contributed by atoms with Crippen molar-refractivity contribution in [2.24, 2.45) is 11.0 Å². The van der Waals surface area contributed by atoms with E-state index >= 15 is 0 Å². The zero-order chi connectivity index (χ0) is 22.3. The molecule has 2 aromatic carbocycles. The number of carbonyl (C=O) groups is 1. The second kappa shape index (κ2) is 10.3. The average Bonchev–Trinajstić information content (AvgIpc) is 2.79. The zero-order valence-electron chi connectivity index (χ0n) is 16.9. The van der Waals surface area contributed by atoms with Crippen LogP contribution < -0.4 is 10.2 Å². The van der Waals surface area contributed by atoms with Gasteiger partial charge in [0.15, 0.2) is 0 Å². The van der Waals surface area contributed by atoms with Crippen LogP contribution in [0.1, 0.15) is 18.4 Å². The molecule has 0 aliphatic carbocycles. The van der Waals surface area contributed by atoms with Crippen LogP contribution in [-0.2, 0) is 14.8 Å². The molecule has 0 unspecified atom stereocenters. The van der Waals surface area contributed by atoms with Crippen molar-refractivity contribution >= 4 is 22.1 Å². The first-order valence-corrected chi connectivity index (χ1v) is 11.3. The van der Waals surface area contributed by atoms with E-state index in [9.17, 15) is 17.6 Å². The van der Waals surface area contributed by atoms with Crippen molar-refractivity contribution in [1.82, 2.24) is 9.73 Å². The average molecular weight is 446 g/mol. The Balaban J connectivity index is 1.49. The van der Waals surface area contributed by atoms with Crippen LogP contribution in [0.3, 0.4) is 0 Å². The van der Waals surface area contributed by atoms with Crippen LogP contribution in [0.4, 0.5) is 4.39 Å². The minimum atomic E-state index is -3.70. The van der Waals surface area contributed by atoms with Crippen LogP contribution in [0.5, 0.6) is 5.75 Å². The Bertz CT molecular complexity index is 1030. The summed E-state index contributed by atoms with van der Waals surface area (Å²) in [5.41, 5.74) is 3.32. The number of benzene rings is 2. The van der Waals surface area contributed by atoms with E-state index in [0.29, 0.717) is 25.2 Å². The van der Waals surface area contributed by atoms with E-state index in [2.05, 4.69) is 17.1 Å². The maximum Gasteiger partial charge on any atom is 0.243 e. The van der Waals surface area contributed by atoms with Crippen LogP contribution >= 0.6 is 0 Å². The molecule has 7 nitrogen and oxygen atoms in total. The summed E-state index contributed by atoms with van der Waals surface area (Å²) in [6.45, 7) is 4.45. The molecule has 1 amide bonds. The molecule has 0 saturated carbocycles. The fraction of sp³-hybridized carbons (Fsp3) is 0.273. The number of carbonyl (C=O) groups excluding carboxylic acids is 1. The fourth-order valence-corrected chi connectivity index (χ4v) is 4.65. The van der Waals surface area contributed by atoms with Gasteiger partial charge >= 0.3 is 0 Å². The molecule has 0 spiro atoms. The van der Waals surface area contributed by atoms with E-state index in [1.807, 2.05) is 12.1 Å². The number of nitrogens with zero attached hydrogens (tertiary/aromatic N) is 2. The molecule has 1 saturated heterocycles. The van der Waals surface area contributed by atoms with Crippen LogP contribution in [0, 0.1) is 11.7 Å². The third kappa shape index (κ3) is 5.99. The Morgan fingerprint density at radius 2 is 1.81 bits per heavy atom. The highest BCUT2D eigenvalue weighted by Gasteiger charge is 2.32. The maximum absolute atomic E-state index is 13.1. The van der Waals surface area contributed by atoms with Gasteiger partial charge in [0.1, 0.15) is 18.2 Å². The topological polar surface area (TPSA) is 88.1 Å². The summed E-state index contributed by atoms with van der Waals surface area (Å²) in [5.74, 6) is -0.359. The normalized spacial score (nSPS) is 15.6. The molecule has 1 N–H and O–H groups in total. The Hall–Kier alpha value is -3.04. The lowest BCUT2D eigenvalue weighted by molar-refractivity contribution is -0.126. The Morgan fingerprint density at radius 3 is 2.42 bits per heavy atom. The molecule has 0 atom stereocenters. The Labute approximate surface area is 181 Å². The summed E-state index contributed by atoms with van der Waals surface area (Å²) in [4.78, 5) is 12.4. The first-order valence-electron chi connectivity index (χ1n) is 9.82. The van der Waals surface area contributed by atoms with Gasteiger partial charge in [-0.2, -0.15) is 9.41 Å². The van der Waals surface area contributed by atoms with E-state index in [1.54, 1.807) is 18.2 Å². The number of hydrogen-bond donors (Lipinski definition) is 1. The van der Waals surface area contributed by atoms with Gasteiger partial charge in [-0.05, 0) is 66.9 Å². The third-order valence-corrected chi connectivity index (χ3v) is 6.83. The highest BCUT2D eigenvalue weighted by atomic mass is 32.2. The smallest absolute Gasteiger partial charge is 0.243 e. The monoisotopic (exact) mass is 445 g/mol. The van der Waals surface area contributed by atoms with Gasteiger partial charge in [0.25, 0.3) is 0 Å². The lowest BCUT2D eigenvalue weighted by Gasteiger charge is -2.30. The van der Waals surface area contributed by atoms with E-state index in [-0.39, 0.29) is 29.8 Å². The molecular formula is C22H24FN3O4S. The van der Waals surface area contributed by atoms with Crippen LogP contribution in [0.25, 0.3) is 0 Å². The molecule has 1 aliphatic rings. The number of hydrogen-bond acceptors (Lipinski definition) is 5. The standard InChI is InChI=1S/C22H24FN3O4S/c1-2-15-30-20-7-3-17(4-8-20)16-24-25-22(27)18-11-13-26(14-12-18)31(28,29)21-9-5-19(23)6-10-21/h2-10,16,18H,1,11-15H2,(H,25,27)/b24-16-. The highest BCUT2D eigenvalue weighted by molar-refractivity contribution is 7.89. The van der Waals surface area contributed by atoms with Crippen molar-refractivity contribution in [3.8, 4) is 5.75 Å². The summed E-state index contributed by atoms with van der Waals surface area (Å²) >= 11 is 0. The number of amides is 1. The summed E-state index contributed by atoms with van der Waals surface area (Å²) in [6, 6.07) is 11.9. The molecular weight excluding hydrogens is 421 g/mol. The quantitative estimate of drug-likeness (QED) is 0.384. The van der Waals surface area contributed by atoms with Crippen molar-refractivity contribution < 1.29 is 22.3 Å². The van der Waals surface area contributed by atoms with Gasteiger partial charge in [-0.3, -0.25) is 4.79 Å². The molecule has 164 valence electrons. The zero-order valence-corrected chi connectivity index (χ0v) is 17.7. The molecule has 31 heavy (non-hydrogen) atoms. The second-order valence-corrected chi connectivity index (χ2v) is 8.97. The summed E-state index contributed by atoms with van der Waals surface area (Å²) < 4.78 is 45.1. The van der Waals surface area contributed by atoms with Gasteiger partial charge in [-0.25, -0.2) is 18.2 Å². The van der Waals surface area contributed by atoms with Crippen LogP contribution in [-0.4, -0.2) is 44.5 Å². The molecule has 1 fully saturated rings. The Kier molecular flexibility index (Phi) is 7.54. The number of piperidine rings is 1. The van der Waals surface area contributed by atoms with Crippen molar-refractivity contribution in [3.05, 3.63) is 72.6 Å². The third-order valence-electron chi connectivity index (χ3n) is 4.91. The minimum absolute atomic E-state index is 0.0438. The number of nitrogens with one attached hydrogen (secondary N) is 1. The SMILES string of the molecule is C=CCOc1ccc(/C=N\NC(=O)C2CCN(S(=O)(=O)c3ccc(F)cc3)CC2)cc1. The van der Waals surface area contributed by atoms with Crippen LogP contribution in [0.15, 0.2) is 71.2 Å². The lowest BCUT2D eigenvalue weighted by Crippen LogP contribution is -2.42. The number of hydrazone groups is 1. The van der Waals surface area contributed by atoms with Crippen molar-refractivity contribution in [2.75, 3.05) is 19.7 Å². The van der Waals surface area contributed by atoms with E-state index in [4.69, 9.17) is 4.74 Å². The number of rotatable bonds is 8. The highest BCUT2D eigenvalue weighted by Crippen LogP contribution is 2.24. The summed E-state index contributed by atoms with van der Waals surface area (Å²) in [7, 11) is -3.70. The summed E-state index contributed by atoms with van der Waals surface area (Å²) in [6.07, 6.45) is 3.96. The van der Waals surface area contributed by atoms with Crippen molar-refractivity contribution in [3.63, 3.8) is 0 Å². The van der Waals surface area contributed by atoms with Gasteiger partial charge in [0.05, 0.1) is 11.1 Å². The molecule has 9 heteroatoms. The van der Waals surface area contributed by atoms with Crippen LogP contribution in [0.2, 0.25) is 0 Å². The predicted molar refractivity (Wildman–Crippen MR) is 116 cm³/mol. The number of sulfonamides is 1. The van der Waals surface area contributed by atoms with Gasteiger partial charge in [-0.1, -0.05) is 12.7 Å². The van der Waals surface area contributed by atoms with Gasteiger partial charge in [0, 0.05) is 19.0 Å². The predicted octanol–water partition coefficient (Wildman–Crippen LogP) is 2.94. The fourth-order valence-electron chi connectivity index (χ4n) is 3.18. The van der Waals surface area contributed by atoms with Crippen molar-refractivity contribution in [2.45, 2.75) is 17.7 Å². The second-order valence-electron chi connectivity index (χ2n) is 7.04. The van der Waals surface area contributed by atoms with E-state index in [1.165, 1.54) is 22.7 Å². The first kappa shape index (κ1) is 22.6. The molecule has 3 rings (SSSR count). The largest absolute Gasteiger partial charge is 0.490 e. The molecule has 0 radical (unpaired) electrons. The minimum Gasteiger partial charge on any atom is -0.490 e. The Morgan fingerprint density at radius 1 is 1.16 bits per heavy atom. The molecule has 0 bridgehead atoms. The number of halogens is 1. The van der Waals surface area contributed by atoms with Gasteiger partial charge < -0.3 is 4.74 Å². The van der Waals surface area contributed by atoms with Gasteiger partial charge in [-0.15, -0.1) is 0 Å². The van der Waals surface area contributed by atoms with E-state index in [0.717, 1.165) is 17.7 Å². The summed E-state index contributed by atoms with van der Waals surface area (Å²) in [5, 5.41) is 3.98. The maximum atomic E-state index is 13.1. The molecule has 1 aliphatic heterocycles. The molecule has 1 heterocycles. The number of ether oxygens (including phenoxy) is 1. The lowest BCUT2D eigenvalue weighted by atomic mass is 9.98.